The van der Waals surface area contributed by atoms with Crippen LogP contribution in [-0.2, 0) is 11.2 Å². The lowest BCUT2D eigenvalue weighted by molar-refractivity contribution is -0.117. The number of fused-ring (bicyclic) bond motifs is 1. The average molecular weight is 431 g/mol. The molecule has 0 aromatic heterocycles. The summed E-state index contributed by atoms with van der Waals surface area (Å²) >= 11 is 0. The highest BCUT2D eigenvalue weighted by Crippen LogP contribution is 2.40. The number of rotatable bonds is 6. The minimum absolute atomic E-state index is 0.0122. The molecule has 0 radical (unpaired) electrons. The molecule has 0 spiro atoms. The third-order valence-corrected chi connectivity index (χ3v) is 6.09. The summed E-state index contributed by atoms with van der Waals surface area (Å²) < 4.78 is 11.1. The van der Waals surface area contributed by atoms with E-state index < -0.39 is 0 Å². The maximum atomic E-state index is 13.0. The van der Waals surface area contributed by atoms with Crippen LogP contribution in [0.2, 0.25) is 0 Å². The minimum atomic E-state index is -0.0374. The predicted molar refractivity (Wildman–Crippen MR) is 128 cm³/mol. The molecule has 0 fully saturated rings. The van der Waals surface area contributed by atoms with Crippen LogP contribution in [0.3, 0.4) is 0 Å². The second-order valence-corrected chi connectivity index (χ2v) is 8.31. The molecule has 1 heterocycles. The SMILES string of the molecule is COc1cc2c(cc1OC)[C@@H](c1ccccc1)N(CC(=O)Nc1ccc(C)cc1C)CC2. The van der Waals surface area contributed by atoms with Gasteiger partial charge in [-0.15, -0.1) is 0 Å². The van der Waals surface area contributed by atoms with Crippen LogP contribution in [0.4, 0.5) is 5.69 Å². The lowest BCUT2D eigenvalue weighted by Crippen LogP contribution is -2.41. The number of methoxy groups -OCH3 is 2. The van der Waals surface area contributed by atoms with Crippen LogP contribution in [0.15, 0.2) is 60.7 Å². The average Bonchev–Trinajstić information content (AvgIpc) is 2.80. The maximum absolute atomic E-state index is 13.0. The van der Waals surface area contributed by atoms with Crippen LogP contribution in [0.25, 0.3) is 0 Å². The van der Waals surface area contributed by atoms with Crippen molar-refractivity contribution < 1.29 is 14.3 Å². The van der Waals surface area contributed by atoms with Crippen LogP contribution < -0.4 is 14.8 Å². The molecule has 0 bridgehead atoms. The van der Waals surface area contributed by atoms with Gasteiger partial charge in [0.2, 0.25) is 5.91 Å². The number of benzene rings is 3. The van der Waals surface area contributed by atoms with Crippen molar-refractivity contribution in [3.8, 4) is 11.5 Å². The van der Waals surface area contributed by atoms with E-state index in [9.17, 15) is 4.79 Å². The molecule has 3 aromatic rings. The van der Waals surface area contributed by atoms with E-state index in [2.05, 4.69) is 47.5 Å². The third kappa shape index (κ3) is 4.48. The molecule has 3 aromatic carbocycles. The first-order chi connectivity index (χ1) is 15.5. The largest absolute Gasteiger partial charge is 0.493 e. The molecule has 166 valence electrons. The van der Waals surface area contributed by atoms with Crippen molar-refractivity contribution in [2.24, 2.45) is 0 Å². The lowest BCUT2D eigenvalue weighted by atomic mass is 9.87. The van der Waals surface area contributed by atoms with Crippen LogP contribution in [0, 0.1) is 13.8 Å². The summed E-state index contributed by atoms with van der Waals surface area (Å²) in [5, 5.41) is 3.10. The summed E-state index contributed by atoms with van der Waals surface area (Å²) in [6.45, 7) is 5.16. The van der Waals surface area contributed by atoms with Crippen molar-refractivity contribution >= 4 is 11.6 Å². The molecule has 1 atom stereocenters. The van der Waals surface area contributed by atoms with E-state index in [1.54, 1.807) is 14.2 Å². The highest BCUT2D eigenvalue weighted by Gasteiger charge is 2.31. The van der Waals surface area contributed by atoms with Crippen LogP contribution in [0.5, 0.6) is 11.5 Å². The molecule has 32 heavy (non-hydrogen) atoms. The van der Waals surface area contributed by atoms with E-state index in [0.717, 1.165) is 41.1 Å². The molecular weight excluding hydrogens is 400 g/mol. The summed E-state index contributed by atoms with van der Waals surface area (Å²) in [5.41, 5.74) is 6.64. The van der Waals surface area contributed by atoms with Crippen molar-refractivity contribution in [1.82, 2.24) is 4.90 Å². The number of anilines is 1. The smallest absolute Gasteiger partial charge is 0.238 e. The summed E-state index contributed by atoms with van der Waals surface area (Å²) in [7, 11) is 3.31. The molecule has 5 heteroatoms. The van der Waals surface area contributed by atoms with Crippen LogP contribution in [-0.4, -0.2) is 38.1 Å². The fourth-order valence-electron chi connectivity index (χ4n) is 4.52. The van der Waals surface area contributed by atoms with Gasteiger partial charge in [0.1, 0.15) is 0 Å². The van der Waals surface area contributed by atoms with Gasteiger partial charge in [-0.1, -0.05) is 48.0 Å². The number of carbonyl (C=O) groups is 1. The van der Waals surface area contributed by atoms with Gasteiger partial charge >= 0.3 is 0 Å². The molecule has 4 rings (SSSR count). The Labute approximate surface area is 190 Å². The lowest BCUT2D eigenvalue weighted by Gasteiger charge is -2.37. The number of amides is 1. The van der Waals surface area contributed by atoms with Crippen molar-refractivity contribution in [3.05, 3.63) is 88.5 Å². The topological polar surface area (TPSA) is 50.8 Å². The molecule has 5 nitrogen and oxygen atoms in total. The highest BCUT2D eigenvalue weighted by molar-refractivity contribution is 5.93. The van der Waals surface area contributed by atoms with Gasteiger partial charge in [-0.2, -0.15) is 0 Å². The van der Waals surface area contributed by atoms with Crippen molar-refractivity contribution in [3.63, 3.8) is 0 Å². The van der Waals surface area contributed by atoms with Crippen LogP contribution >= 0.6 is 0 Å². The zero-order valence-corrected chi connectivity index (χ0v) is 19.1. The Hall–Kier alpha value is -3.31. The molecule has 1 aliphatic rings. The van der Waals surface area contributed by atoms with Gasteiger partial charge in [-0.25, -0.2) is 0 Å². The Balaban J connectivity index is 1.65. The Bertz CT molecular complexity index is 1110. The normalized spacial score (nSPS) is 15.7. The van der Waals surface area contributed by atoms with Crippen molar-refractivity contribution in [2.45, 2.75) is 26.3 Å². The maximum Gasteiger partial charge on any atom is 0.238 e. The Morgan fingerprint density at radius 2 is 1.72 bits per heavy atom. The highest BCUT2D eigenvalue weighted by atomic mass is 16.5. The number of aryl methyl sites for hydroxylation is 2. The van der Waals surface area contributed by atoms with Gasteiger partial charge in [0.15, 0.2) is 11.5 Å². The van der Waals surface area contributed by atoms with Gasteiger partial charge in [-0.05, 0) is 60.7 Å². The summed E-state index contributed by atoms with van der Waals surface area (Å²) in [4.78, 5) is 15.3. The Kier molecular flexibility index (Phi) is 6.47. The first-order valence-corrected chi connectivity index (χ1v) is 10.9. The number of nitrogens with zero attached hydrogens (tertiary/aromatic N) is 1. The summed E-state index contributed by atoms with van der Waals surface area (Å²) in [6.07, 6.45) is 0.843. The molecule has 0 saturated heterocycles. The van der Waals surface area contributed by atoms with Gasteiger partial charge < -0.3 is 14.8 Å². The molecule has 0 saturated carbocycles. The molecule has 1 N–H and O–H groups in total. The van der Waals surface area contributed by atoms with Gasteiger partial charge in [-0.3, -0.25) is 9.69 Å². The van der Waals surface area contributed by atoms with E-state index in [-0.39, 0.29) is 11.9 Å². The summed E-state index contributed by atoms with van der Waals surface area (Å²) in [5.74, 6) is 1.43. The fraction of sp³-hybridized carbons (Fsp3) is 0.296. The van der Waals surface area contributed by atoms with Gasteiger partial charge in [0, 0.05) is 12.2 Å². The number of nitrogens with one attached hydrogen (secondary N) is 1. The minimum Gasteiger partial charge on any atom is -0.493 e. The third-order valence-electron chi connectivity index (χ3n) is 6.09. The van der Waals surface area contributed by atoms with Crippen LogP contribution in [0.1, 0.15) is 33.9 Å². The second-order valence-electron chi connectivity index (χ2n) is 8.31. The first-order valence-electron chi connectivity index (χ1n) is 10.9. The number of hydrogen-bond donors (Lipinski definition) is 1. The fourth-order valence-corrected chi connectivity index (χ4v) is 4.52. The zero-order chi connectivity index (χ0) is 22.7. The molecule has 0 aliphatic carbocycles. The zero-order valence-electron chi connectivity index (χ0n) is 19.1. The standard InChI is InChI=1S/C27H30N2O3/c1-18-10-11-23(19(2)14-18)28-26(30)17-29-13-12-21-15-24(31-3)25(32-4)16-22(21)27(29)20-8-6-5-7-9-20/h5-11,14-16,27H,12-13,17H2,1-4H3,(H,28,30)/t27-/m1/s1. The van der Waals surface area contributed by atoms with Crippen molar-refractivity contribution in [2.75, 3.05) is 32.6 Å². The molecule has 1 aliphatic heterocycles. The Morgan fingerprint density at radius 3 is 2.41 bits per heavy atom. The van der Waals surface area contributed by atoms with E-state index in [1.165, 1.54) is 11.1 Å². The molecule has 1 amide bonds. The number of ether oxygens (including phenoxy) is 2. The summed E-state index contributed by atoms with van der Waals surface area (Å²) in [6, 6.07) is 20.5. The molecule has 0 unspecified atom stereocenters. The quantitative estimate of drug-likeness (QED) is 0.604. The monoisotopic (exact) mass is 430 g/mol. The first kappa shape index (κ1) is 21.9. The van der Waals surface area contributed by atoms with Gasteiger partial charge in [0.05, 0.1) is 26.8 Å². The second kappa shape index (κ2) is 9.45. The van der Waals surface area contributed by atoms with E-state index >= 15 is 0 Å². The van der Waals surface area contributed by atoms with E-state index in [1.807, 2.05) is 37.3 Å². The Morgan fingerprint density at radius 1 is 1.00 bits per heavy atom. The van der Waals surface area contributed by atoms with Gasteiger partial charge in [0.25, 0.3) is 0 Å². The molecular formula is C27H30N2O3. The number of hydrogen-bond acceptors (Lipinski definition) is 4. The predicted octanol–water partition coefficient (Wildman–Crippen LogP) is 4.91. The number of carbonyl (C=O) groups excluding carboxylic acids is 1. The van der Waals surface area contributed by atoms with E-state index in [0.29, 0.717) is 12.3 Å². The van der Waals surface area contributed by atoms with Crippen molar-refractivity contribution in [1.29, 1.82) is 0 Å². The van der Waals surface area contributed by atoms with E-state index in [4.69, 9.17) is 9.47 Å².